The van der Waals surface area contributed by atoms with Gasteiger partial charge in [0, 0.05) is 5.39 Å². The van der Waals surface area contributed by atoms with Gasteiger partial charge in [0.25, 0.3) is 0 Å². The van der Waals surface area contributed by atoms with Crippen LogP contribution >= 0.6 is 0 Å². The molecule has 0 radical (unpaired) electrons. The number of furan rings is 1. The van der Waals surface area contributed by atoms with Crippen LogP contribution in [0.25, 0.3) is 22.4 Å². The van der Waals surface area contributed by atoms with Gasteiger partial charge >= 0.3 is 0 Å². The first-order valence-corrected chi connectivity index (χ1v) is 4.69. The van der Waals surface area contributed by atoms with E-state index in [4.69, 9.17) is 4.42 Å². The maximum absolute atomic E-state index is 5.34. The van der Waals surface area contributed by atoms with E-state index in [0.29, 0.717) is 0 Å². The zero-order valence-corrected chi connectivity index (χ0v) is 7.92. The molecule has 0 saturated heterocycles. The Morgan fingerprint density at radius 1 is 0.933 bits per heavy atom. The minimum absolute atomic E-state index is 0.772. The fourth-order valence-corrected chi connectivity index (χ4v) is 1.61. The normalized spacial score (nSPS) is 10.7. The summed E-state index contributed by atoms with van der Waals surface area (Å²) in [6.45, 7) is 0. The van der Waals surface area contributed by atoms with Crippen molar-refractivity contribution in [3.8, 4) is 11.5 Å². The van der Waals surface area contributed by atoms with E-state index in [-0.39, 0.29) is 0 Å². The summed E-state index contributed by atoms with van der Waals surface area (Å²) in [6, 6.07) is 11.6. The third-order valence-electron chi connectivity index (χ3n) is 2.30. The van der Waals surface area contributed by atoms with E-state index in [9.17, 15) is 0 Å². The molecule has 2 aromatic heterocycles. The van der Waals surface area contributed by atoms with E-state index in [1.165, 1.54) is 0 Å². The second kappa shape index (κ2) is 3.20. The van der Waals surface area contributed by atoms with Gasteiger partial charge in [0.15, 0.2) is 5.76 Å². The van der Waals surface area contributed by atoms with Gasteiger partial charge in [0.05, 0.1) is 11.8 Å². The molecule has 3 rings (SSSR count). The van der Waals surface area contributed by atoms with E-state index < -0.39 is 0 Å². The molecule has 0 aliphatic heterocycles. The predicted octanol–water partition coefficient (Wildman–Crippen LogP) is 2.89. The zero-order chi connectivity index (χ0) is 10.1. The van der Waals surface area contributed by atoms with Gasteiger partial charge in [0.1, 0.15) is 12.0 Å². The van der Waals surface area contributed by atoms with E-state index in [1.807, 2.05) is 36.4 Å². The van der Waals surface area contributed by atoms with Crippen molar-refractivity contribution in [1.82, 2.24) is 9.97 Å². The average molecular weight is 196 g/mol. The molecule has 3 nitrogen and oxygen atoms in total. The van der Waals surface area contributed by atoms with Gasteiger partial charge in [-0.25, -0.2) is 9.97 Å². The van der Waals surface area contributed by atoms with Gasteiger partial charge in [-0.2, -0.15) is 0 Å². The lowest BCUT2D eigenvalue weighted by Crippen LogP contribution is -1.86. The lowest BCUT2D eigenvalue weighted by atomic mass is 10.1. The van der Waals surface area contributed by atoms with Crippen LogP contribution in [-0.2, 0) is 0 Å². The van der Waals surface area contributed by atoms with E-state index in [1.54, 1.807) is 12.6 Å². The summed E-state index contributed by atoms with van der Waals surface area (Å²) >= 11 is 0. The lowest BCUT2D eigenvalue weighted by Gasteiger charge is -2.00. The molecule has 2 heterocycles. The number of benzene rings is 1. The Bertz CT molecular complexity index is 582. The monoisotopic (exact) mass is 196 g/mol. The summed E-state index contributed by atoms with van der Waals surface area (Å²) in [5.74, 6) is 0.772. The molecular weight excluding hydrogens is 188 g/mol. The van der Waals surface area contributed by atoms with Crippen LogP contribution in [0, 0.1) is 0 Å². The quantitative estimate of drug-likeness (QED) is 0.600. The first-order chi connectivity index (χ1) is 7.45. The van der Waals surface area contributed by atoms with Crippen molar-refractivity contribution < 1.29 is 4.42 Å². The Hall–Kier alpha value is -2.16. The molecule has 72 valence electrons. The van der Waals surface area contributed by atoms with Crippen LogP contribution < -0.4 is 0 Å². The third-order valence-corrected chi connectivity index (χ3v) is 2.30. The molecule has 0 N–H and O–H groups in total. The Morgan fingerprint density at radius 2 is 1.87 bits per heavy atom. The van der Waals surface area contributed by atoms with Crippen LogP contribution in [0.1, 0.15) is 0 Å². The molecule has 1 aromatic carbocycles. The highest BCUT2D eigenvalue weighted by atomic mass is 16.3. The smallest absolute Gasteiger partial charge is 0.152 e. The molecule has 3 aromatic rings. The molecule has 0 saturated carbocycles. The van der Waals surface area contributed by atoms with Crippen LogP contribution in [0.3, 0.4) is 0 Å². The lowest BCUT2D eigenvalue weighted by molar-refractivity contribution is 0.580. The van der Waals surface area contributed by atoms with E-state index in [0.717, 1.165) is 22.4 Å². The zero-order valence-electron chi connectivity index (χ0n) is 7.92. The fourth-order valence-electron chi connectivity index (χ4n) is 1.61. The summed E-state index contributed by atoms with van der Waals surface area (Å²) in [6.07, 6.45) is 3.20. The van der Waals surface area contributed by atoms with Crippen molar-refractivity contribution in [1.29, 1.82) is 0 Å². The highest BCUT2D eigenvalue weighted by Gasteiger charge is 2.07. The summed E-state index contributed by atoms with van der Waals surface area (Å²) < 4.78 is 5.34. The highest BCUT2D eigenvalue weighted by molar-refractivity contribution is 5.90. The van der Waals surface area contributed by atoms with Gasteiger partial charge in [-0.05, 0) is 18.2 Å². The third kappa shape index (κ3) is 1.29. The molecule has 0 aliphatic carbocycles. The van der Waals surface area contributed by atoms with Gasteiger partial charge in [-0.3, -0.25) is 0 Å². The van der Waals surface area contributed by atoms with Crippen molar-refractivity contribution >= 4 is 10.9 Å². The van der Waals surface area contributed by atoms with Crippen LogP contribution in [0.15, 0.2) is 53.4 Å². The van der Waals surface area contributed by atoms with Crippen LogP contribution in [0.5, 0.6) is 0 Å². The predicted molar refractivity (Wildman–Crippen MR) is 57.2 cm³/mol. The van der Waals surface area contributed by atoms with Gasteiger partial charge in [-0.15, -0.1) is 0 Å². The second-order valence-electron chi connectivity index (χ2n) is 3.22. The maximum Gasteiger partial charge on any atom is 0.152 e. The SMILES string of the molecule is c1coc(-c2ncnc3ccccc23)c1. The van der Waals surface area contributed by atoms with Gasteiger partial charge < -0.3 is 4.42 Å². The highest BCUT2D eigenvalue weighted by Crippen LogP contribution is 2.24. The largest absolute Gasteiger partial charge is 0.463 e. The Morgan fingerprint density at radius 3 is 2.73 bits per heavy atom. The summed E-state index contributed by atoms with van der Waals surface area (Å²) in [4.78, 5) is 8.44. The van der Waals surface area contributed by atoms with Crippen molar-refractivity contribution in [2.45, 2.75) is 0 Å². The average Bonchev–Trinajstić information content (AvgIpc) is 2.82. The van der Waals surface area contributed by atoms with Crippen LogP contribution in [-0.4, -0.2) is 9.97 Å². The maximum atomic E-state index is 5.34. The number of hydrogen-bond donors (Lipinski definition) is 0. The molecule has 15 heavy (non-hydrogen) atoms. The minimum Gasteiger partial charge on any atom is -0.463 e. The molecule has 0 fully saturated rings. The molecule has 0 atom stereocenters. The van der Waals surface area contributed by atoms with Gasteiger partial charge in [0.2, 0.25) is 0 Å². The summed E-state index contributed by atoms with van der Waals surface area (Å²) in [5.41, 5.74) is 1.77. The molecular formula is C12H8N2O. The summed E-state index contributed by atoms with van der Waals surface area (Å²) in [7, 11) is 0. The van der Waals surface area contributed by atoms with Gasteiger partial charge in [-0.1, -0.05) is 18.2 Å². The standard InChI is InChI=1S/C12H8N2O/c1-2-5-10-9(4-1)12(14-8-13-10)11-6-3-7-15-11/h1-8H. The number of para-hydroxylation sites is 1. The molecule has 0 aliphatic rings. The number of rotatable bonds is 1. The van der Waals surface area contributed by atoms with Crippen molar-refractivity contribution in [2.24, 2.45) is 0 Å². The van der Waals surface area contributed by atoms with E-state index >= 15 is 0 Å². The van der Waals surface area contributed by atoms with Crippen molar-refractivity contribution in [2.75, 3.05) is 0 Å². The topological polar surface area (TPSA) is 38.9 Å². The van der Waals surface area contributed by atoms with Crippen LogP contribution in [0.2, 0.25) is 0 Å². The Kier molecular flexibility index (Phi) is 1.75. The Balaban J connectivity index is 2.36. The molecule has 0 spiro atoms. The van der Waals surface area contributed by atoms with Crippen molar-refractivity contribution in [3.05, 3.63) is 49.0 Å². The first-order valence-electron chi connectivity index (χ1n) is 4.69. The molecule has 0 bridgehead atoms. The fraction of sp³-hybridized carbons (Fsp3) is 0. The second-order valence-corrected chi connectivity index (χ2v) is 3.22. The number of hydrogen-bond acceptors (Lipinski definition) is 3. The molecule has 0 amide bonds. The summed E-state index contributed by atoms with van der Waals surface area (Å²) in [5, 5.41) is 1.01. The Labute approximate surface area is 86.4 Å². The molecule has 0 unspecified atom stereocenters. The molecule has 3 heteroatoms. The number of aromatic nitrogens is 2. The number of fused-ring (bicyclic) bond motifs is 1. The first kappa shape index (κ1) is 8.17. The number of nitrogens with zero attached hydrogens (tertiary/aromatic N) is 2. The van der Waals surface area contributed by atoms with E-state index in [2.05, 4.69) is 9.97 Å². The van der Waals surface area contributed by atoms with Crippen LogP contribution in [0.4, 0.5) is 0 Å². The minimum atomic E-state index is 0.772. The van der Waals surface area contributed by atoms with Crippen molar-refractivity contribution in [3.63, 3.8) is 0 Å².